The Kier molecular flexibility index (Phi) is 3.64. The van der Waals surface area contributed by atoms with Gasteiger partial charge in [0.2, 0.25) is 5.91 Å². The van der Waals surface area contributed by atoms with Crippen LogP contribution in [0.2, 0.25) is 0 Å². The average molecular weight is 233 g/mol. The Morgan fingerprint density at radius 3 is 2.65 bits per heavy atom. The van der Waals surface area contributed by atoms with Crippen molar-refractivity contribution in [3.8, 4) is 0 Å². The third kappa shape index (κ3) is 2.26. The molecule has 0 fully saturated rings. The van der Waals surface area contributed by atoms with Crippen molar-refractivity contribution in [1.29, 1.82) is 0 Å². The van der Waals surface area contributed by atoms with E-state index in [9.17, 15) is 4.79 Å². The van der Waals surface area contributed by atoms with E-state index < -0.39 is 0 Å². The fourth-order valence-corrected chi connectivity index (χ4v) is 2.26. The van der Waals surface area contributed by atoms with Crippen molar-refractivity contribution in [2.45, 2.75) is 6.92 Å². The van der Waals surface area contributed by atoms with E-state index >= 15 is 0 Å². The van der Waals surface area contributed by atoms with Gasteiger partial charge in [-0.2, -0.15) is 0 Å². The Morgan fingerprint density at radius 2 is 2.00 bits per heavy atom. The molecule has 1 N–H and O–H groups in total. The van der Waals surface area contributed by atoms with Gasteiger partial charge in [-0.3, -0.25) is 4.79 Å². The molecule has 0 radical (unpaired) electrons. The normalized spacial score (nSPS) is 14.7. The van der Waals surface area contributed by atoms with Crippen LogP contribution in [0.25, 0.3) is 0 Å². The van der Waals surface area contributed by atoms with Crippen molar-refractivity contribution >= 4 is 17.3 Å². The molecule has 92 valence electrons. The maximum Gasteiger partial charge on any atom is 0.241 e. The fourth-order valence-electron chi connectivity index (χ4n) is 2.26. The lowest BCUT2D eigenvalue weighted by atomic mass is 10.1. The molecular weight excluding hydrogens is 214 g/mol. The standard InChI is InChI=1S/C13H19N3O/c1-3-15-8-9-16(13(17)10-14-2)12-7-5-4-6-11(12)15/h4-7,14H,3,8-10H2,1-2H3. The summed E-state index contributed by atoms with van der Waals surface area (Å²) in [7, 11) is 1.80. The molecule has 1 heterocycles. The first-order chi connectivity index (χ1) is 8.27. The molecule has 2 rings (SSSR count). The minimum Gasteiger partial charge on any atom is -0.368 e. The van der Waals surface area contributed by atoms with Crippen LogP contribution in [0.4, 0.5) is 11.4 Å². The molecule has 0 spiro atoms. The highest BCUT2D eigenvalue weighted by Gasteiger charge is 2.24. The van der Waals surface area contributed by atoms with Crippen molar-refractivity contribution in [3.05, 3.63) is 24.3 Å². The third-order valence-electron chi connectivity index (χ3n) is 3.12. The van der Waals surface area contributed by atoms with Crippen molar-refractivity contribution < 1.29 is 4.79 Å². The van der Waals surface area contributed by atoms with E-state index in [2.05, 4.69) is 23.2 Å². The summed E-state index contributed by atoms with van der Waals surface area (Å²) in [4.78, 5) is 16.2. The summed E-state index contributed by atoms with van der Waals surface area (Å²) >= 11 is 0. The molecular formula is C13H19N3O. The lowest BCUT2D eigenvalue weighted by Gasteiger charge is -2.37. The van der Waals surface area contributed by atoms with Gasteiger partial charge in [-0.1, -0.05) is 12.1 Å². The van der Waals surface area contributed by atoms with Crippen LogP contribution in [-0.2, 0) is 4.79 Å². The van der Waals surface area contributed by atoms with Gasteiger partial charge in [-0.05, 0) is 26.1 Å². The summed E-state index contributed by atoms with van der Waals surface area (Å²) in [6, 6.07) is 8.10. The van der Waals surface area contributed by atoms with E-state index in [-0.39, 0.29) is 5.91 Å². The van der Waals surface area contributed by atoms with Crippen LogP contribution in [0.1, 0.15) is 6.92 Å². The first-order valence-electron chi connectivity index (χ1n) is 6.07. The molecule has 0 bridgehead atoms. The predicted molar refractivity (Wildman–Crippen MR) is 70.6 cm³/mol. The molecule has 0 saturated heterocycles. The summed E-state index contributed by atoms with van der Waals surface area (Å²) < 4.78 is 0. The highest BCUT2D eigenvalue weighted by atomic mass is 16.2. The zero-order valence-electron chi connectivity index (χ0n) is 10.4. The first-order valence-corrected chi connectivity index (χ1v) is 6.07. The zero-order valence-corrected chi connectivity index (χ0v) is 10.4. The minimum atomic E-state index is 0.135. The van der Waals surface area contributed by atoms with E-state index in [0.29, 0.717) is 6.54 Å². The maximum absolute atomic E-state index is 12.0. The second-order valence-corrected chi connectivity index (χ2v) is 4.14. The second kappa shape index (κ2) is 5.19. The topological polar surface area (TPSA) is 35.6 Å². The maximum atomic E-state index is 12.0. The summed E-state index contributed by atoms with van der Waals surface area (Å²) in [5.74, 6) is 0.135. The predicted octanol–water partition coefficient (Wildman–Crippen LogP) is 1.08. The minimum absolute atomic E-state index is 0.135. The van der Waals surface area contributed by atoms with Gasteiger partial charge in [0.1, 0.15) is 0 Å². The molecule has 17 heavy (non-hydrogen) atoms. The Labute approximate surface area is 102 Å². The number of rotatable bonds is 3. The van der Waals surface area contributed by atoms with E-state index in [1.807, 2.05) is 23.1 Å². The number of amides is 1. The summed E-state index contributed by atoms with van der Waals surface area (Å²) in [5, 5.41) is 2.92. The molecule has 1 aromatic rings. The van der Waals surface area contributed by atoms with Crippen molar-refractivity contribution in [1.82, 2.24) is 5.32 Å². The van der Waals surface area contributed by atoms with Gasteiger partial charge in [-0.25, -0.2) is 0 Å². The number of nitrogens with one attached hydrogen (secondary N) is 1. The largest absolute Gasteiger partial charge is 0.368 e. The summed E-state index contributed by atoms with van der Waals surface area (Å²) in [6.45, 7) is 5.18. The molecule has 1 aliphatic rings. The van der Waals surface area contributed by atoms with Gasteiger partial charge >= 0.3 is 0 Å². The van der Waals surface area contributed by atoms with Crippen LogP contribution in [0, 0.1) is 0 Å². The van der Waals surface area contributed by atoms with Gasteiger partial charge in [0.25, 0.3) is 0 Å². The Morgan fingerprint density at radius 1 is 1.29 bits per heavy atom. The fraction of sp³-hybridized carbons (Fsp3) is 0.462. The van der Waals surface area contributed by atoms with Crippen molar-refractivity contribution in [3.63, 3.8) is 0 Å². The van der Waals surface area contributed by atoms with E-state index in [1.165, 1.54) is 0 Å². The number of hydrogen-bond donors (Lipinski definition) is 1. The Balaban J connectivity index is 2.31. The molecule has 4 nitrogen and oxygen atoms in total. The molecule has 0 atom stereocenters. The van der Waals surface area contributed by atoms with E-state index in [0.717, 1.165) is 31.0 Å². The highest BCUT2D eigenvalue weighted by Crippen LogP contribution is 2.32. The number of hydrogen-bond acceptors (Lipinski definition) is 3. The summed E-state index contributed by atoms with van der Waals surface area (Å²) in [5.41, 5.74) is 2.19. The second-order valence-electron chi connectivity index (χ2n) is 4.14. The molecule has 0 saturated carbocycles. The number of para-hydroxylation sites is 2. The number of anilines is 2. The van der Waals surface area contributed by atoms with Crippen molar-refractivity contribution in [2.24, 2.45) is 0 Å². The van der Waals surface area contributed by atoms with Crippen molar-refractivity contribution in [2.75, 3.05) is 43.0 Å². The quantitative estimate of drug-likeness (QED) is 0.848. The SMILES string of the molecule is CCN1CCN(C(=O)CNC)c2ccccc21. The molecule has 1 aliphatic heterocycles. The van der Waals surface area contributed by atoms with Crippen LogP contribution in [-0.4, -0.2) is 39.1 Å². The number of likely N-dealkylation sites (N-methyl/N-ethyl adjacent to an activating group) is 2. The number of carbonyl (C=O) groups excluding carboxylic acids is 1. The van der Waals surface area contributed by atoms with Gasteiger partial charge < -0.3 is 15.1 Å². The van der Waals surface area contributed by atoms with Gasteiger partial charge in [0.15, 0.2) is 0 Å². The number of benzene rings is 1. The number of nitrogens with zero attached hydrogens (tertiary/aromatic N) is 2. The van der Waals surface area contributed by atoms with Gasteiger partial charge in [-0.15, -0.1) is 0 Å². The van der Waals surface area contributed by atoms with Crippen LogP contribution in [0.3, 0.4) is 0 Å². The smallest absolute Gasteiger partial charge is 0.241 e. The lowest BCUT2D eigenvalue weighted by Crippen LogP contribution is -2.46. The summed E-state index contributed by atoms with van der Waals surface area (Å²) in [6.07, 6.45) is 0. The van der Waals surface area contributed by atoms with Gasteiger partial charge in [0, 0.05) is 19.6 Å². The van der Waals surface area contributed by atoms with E-state index in [1.54, 1.807) is 7.05 Å². The Bertz CT molecular complexity index is 405. The Hall–Kier alpha value is -1.55. The highest BCUT2D eigenvalue weighted by molar-refractivity contribution is 5.98. The molecule has 0 aromatic heterocycles. The van der Waals surface area contributed by atoms with Crippen LogP contribution >= 0.6 is 0 Å². The van der Waals surface area contributed by atoms with Gasteiger partial charge in [0.05, 0.1) is 17.9 Å². The van der Waals surface area contributed by atoms with Crippen LogP contribution in [0.15, 0.2) is 24.3 Å². The van der Waals surface area contributed by atoms with E-state index in [4.69, 9.17) is 0 Å². The molecule has 0 aliphatic carbocycles. The van der Waals surface area contributed by atoms with Crippen LogP contribution in [0.5, 0.6) is 0 Å². The van der Waals surface area contributed by atoms with Crippen LogP contribution < -0.4 is 15.1 Å². The lowest BCUT2D eigenvalue weighted by molar-refractivity contribution is -0.117. The molecule has 0 unspecified atom stereocenters. The third-order valence-corrected chi connectivity index (χ3v) is 3.12. The number of fused-ring (bicyclic) bond motifs is 1. The molecule has 1 amide bonds. The monoisotopic (exact) mass is 233 g/mol. The molecule has 4 heteroatoms. The zero-order chi connectivity index (χ0) is 12.3. The first kappa shape index (κ1) is 11.9. The molecule has 1 aromatic carbocycles. The average Bonchev–Trinajstić information content (AvgIpc) is 2.37. The number of carbonyl (C=O) groups is 1.